The van der Waals surface area contributed by atoms with Gasteiger partial charge in [0.2, 0.25) is 5.91 Å². The molecule has 1 aliphatic carbocycles. The van der Waals surface area contributed by atoms with E-state index < -0.39 is 0 Å². The number of nitrogens with one attached hydrogen (secondary N) is 2. The second-order valence-corrected chi connectivity index (χ2v) is 8.79. The quantitative estimate of drug-likeness (QED) is 0.528. The number of carbonyl (C=O) groups is 1. The van der Waals surface area contributed by atoms with Gasteiger partial charge in [-0.1, -0.05) is 31.0 Å². The zero-order valence-corrected chi connectivity index (χ0v) is 19.5. The first-order valence-corrected chi connectivity index (χ1v) is 11.2. The topological polar surface area (TPSA) is 72.9 Å². The third kappa shape index (κ3) is 5.27. The van der Waals surface area contributed by atoms with Crippen LogP contribution in [0.2, 0.25) is 0 Å². The Balaban J connectivity index is 1.82. The maximum absolute atomic E-state index is 12.9. The molecule has 1 heterocycles. The van der Waals surface area contributed by atoms with Crippen molar-refractivity contribution in [1.29, 1.82) is 0 Å². The van der Waals surface area contributed by atoms with E-state index in [-0.39, 0.29) is 11.3 Å². The summed E-state index contributed by atoms with van der Waals surface area (Å²) in [6.07, 6.45) is 4.06. The zero-order valence-electron chi connectivity index (χ0n) is 19.5. The first kappa shape index (κ1) is 22.8. The van der Waals surface area contributed by atoms with Gasteiger partial charge in [-0.2, -0.15) is 0 Å². The number of aromatic nitrogens is 1. The number of para-hydroxylation sites is 1. The highest BCUT2D eigenvalue weighted by Crippen LogP contribution is 2.38. The second-order valence-electron chi connectivity index (χ2n) is 8.79. The van der Waals surface area contributed by atoms with E-state index in [1.807, 2.05) is 51.3 Å². The number of guanidine groups is 1. The van der Waals surface area contributed by atoms with Crippen LogP contribution < -0.4 is 15.5 Å². The molecule has 168 valence electrons. The molecule has 3 rings (SSSR count). The van der Waals surface area contributed by atoms with E-state index in [9.17, 15) is 4.79 Å². The molecule has 0 bridgehead atoms. The first-order chi connectivity index (χ1) is 14.9. The Morgan fingerprint density at radius 2 is 1.84 bits per heavy atom. The van der Waals surface area contributed by atoms with Gasteiger partial charge in [0.1, 0.15) is 5.82 Å². The maximum atomic E-state index is 12.9. The van der Waals surface area contributed by atoms with Crippen molar-refractivity contribution >= 4 is 28.6 Å². The molecule has 1 aromatic carbocycles. The highest BCUT2D eigenvalue weighted by atomic mass is 16.2. The molecule has 1 saturated carbocycles. The van der Waals surface area contributed by atoms with E-state index in [1.54, 1.807) is 4.90 Å². The van der Waals surface area contributed by atoms with Crippen molar-refractivity contribution in [3.05, 3.63) is 35.9 Å². The second kappa shape index (κ2) is 9.98. The van der Waals surface area contributed by atoms with Crippen LogP contribution in [-0.2, 0) is 11.3 Å². The summed E-state index contributed by atoms with van der Waals surface area (Å²) in [7, 11) is 7.69. The lowest BCUT2D eigenvalue weighted by Gasteiger charge is -2.31. The van der Waals surface area contributed by atoms with Gasteiger partial charge in [0.15, 0.2) is 5.96 Å². The molecule has 7 nitrogen and oxygen atoms in total. The number of rotatable bonds is 7. The molecule has 0 aliphatic heterocycles. The average molecular weight is 425 g/mol. The van der Waals surface area contributed by atoms with Gasteiger partial charge >= 0.3 is 0 Å². The summed E-state index contributed by atoms with van der Waals surface area (Å²) in [5, 5.41) is 7.91. The number of pyridine rings is 1. The number of nitrogens with zero attached hydrogens (tertiary/aromatic N) is 4. The van der Waals surface area contributed by atoms with Crippen LogP contribution in [0.1, 0.15) is 38.2 Å². The Bertz CT molecular complexity index is 931. The van der Waals surface area contributed by atoms with Gasteiger partial charge in [0.25, 0.3) is 0 Å². The first-order valence-electron chi connectivity index (χ1n) is 11.2. The summed E-state index contributed by atoms with van der Waals surface area (Å²) >= 11 is 0. The van der Waals surface area contributed by atoms with Gasteiger partial charge < -0.3 is 20.4 Å². The lowest BCUT2D eigenvalue weighted by Crippen LogP contribution is -2.49. The summed E-state index contributed by atoms with van der Waals surface area (Å²) in [4.78, 5) is 26.2. The molecule has 0 unspecified atom stereocenters. The number of benzene rings is 1. The Kier molecular flexibility index (Phi) is 7.36. The predicted octanol–water partition coefficient (Wildman–Crippen LogP) is 3.00. The number of hydrogen-bond acceptors (Lipinski definition) is 4. The Labute approximate surface area is 185 Å². The predicted molar refractivity (Wildman–Crippen MR) is 128 cm³/mol. The van der Waals surface area contributed by atoms with Gasteiger partial charge in [0.05, 0.1) is 17.5 Å². The Hall–Kier alpha value is -2.83. The SMILES string of the molecule is CCNC(=NCc1cc(N(C)C)nc2ccccc12)NCC1(C(=O)N(C)C)CCCC1. The molecule has 2 aromatic rings. The molecular weight excluding hydrogens is 388 g/mol. The molecule has 0 spiro atoms. The maximum Gasteiger partial charge on any atom is 0.230 e. The molecular formula is C24H36N6O. The van der Waals surface area contributed by atoms with Gasteiger partial charge in [-0.25, -0.2) is 9.98 Å². The molecule has 0 saturated heterocycles. The van der Waals surface area contributed by atoms with Crippen LogP contribution in [-0.4, -0.2) is 63.0 Å². The molecule has 0 radical (unpaired) electrons. The van der Waals surface area contributed by atoms with Gasteiger partial charge in [-0.05, 0) is 37.5 Å². The third-order valence-electron chi connectivity index (χ3n) is 6.01. The zero-order chi connectivity index (χ0) is 22.4. The minimum atomic E-state index is -0.332. The van der Waals surface area contributed by atoms with Crippen molar-refractivity contribution in [2.75, 3.05) is 46.2 Å². The average Bonchev–Trinajstić information content (AvgIpc) is 3.24. The van der Waals surface area contributed by atoms with Crippen molar-refractivity contribution in [1.82, 2.24) is 20.5 Å². The smallest absolute Gasteiger partial charge is 0.230 e. The number of hydrogen-bond donors (Lipinski definition) is 2. The highest BCUT2D eigenvalue weighted by molar-refractivity contribution is 5.86. The number of anilines is 1. The van der Waals surface area contributed by atoms with Crippen LogP contribution in [0.4, 0.5) is 5.82 Å². The molecule has 1 fully saturated rings. The number of amides is 1. The van der Waals surface area contributed by atoms with Gasteiger partial charge in [0, 0.05) is 46.7 Å². The normalized spacial score (nSPS) is 15.7. The highest BCUT2D eigenvalue weighted by Gasteiger charge is 2.42. The number of fused-ring (bicyclic) bond motifs is 1. The summed E-state index contributed by atoms with van der Waals surface area (Å²) in [6.45, 7) is 3.96. The van der Waals surface area contributed by atoms with Crippen LogP contribution in [0.15, 0.2) is 35.3 Å². The summed E-state index contributed by atoms with van der Waals surface area (Å²) < 4.78 is 0. The molecule has 31 heavy (non-hydrogen) atoms. The fourth-order valence-electron chi connectivity index (χ4n) is 4.34. The standard InChI is InChI=1S/C24H36N6O/c1-6-25-23(27-17-24(13-9-10-14-24)22(31)30(4)5)26-16-18-15-21(29(2)3)28-20-12-8-7-11-19(18)20/h7-8,11-12,15H,6,9-10,13-14,16-17H2,1-5H3,(H2,25,26,27). The summed E-state index contributed by atoms with van der Waals surface area (Å²) in [6, 6.07) is 10.3. The van der Waals surface area contributed by atoms with E-state index in [1.165, 1.54) is 0 Å². The fourth-order valence-corrected chi connectivity index (χ4v) is 4.34. The Morgan fingerprint density at radius 3 is 2.48 bits per heavy atom. The Morgan fingerprint density at radius 1 is 1.13 bits per heavy atom. The number of aliphatic imine (C=N–C) groups is 1. The van der Waals surface area contributed by atoms with E-state index >= 15 is 0 Å². The lowest BCUT2D eigenvalue weighted by atomic mass is 9.84. The van der Waals surface area contributed by atoms with Crippen molar-refractivity contribution in [2.45, 2.75) is 39.2 Å². The van der Waals surface area contributed by atoms with Gasteiger partial charge in [-0.15, -0.1) is 0 Å². The summed E-state index contributed by atoms with van der Waals surface area (Å²) in [5.74, 6) is 1.88. The molecule has 7 heteroatoms. The molecule has 1 aliphatic rings. The molecule has 0 atom stereocenters. The van der Waals surface area contributed by atoms with E-state index in [2.05, 4.69) is 29.7 Å². The van der Waals surface area contributed by atoms with Crippen LogP contribution in [0.25, 0.3) is 10.9 Å². The fraction of sp³-hybridized carbons (Fsp3) is 0.542. The van der Waals surface area contributed by atoms with Crippen molar-refractivity contribution in [2.24, 2.45) is 10.4 Å². The third-order valence-corrected chi connectivity index (χ3v) is 6.01. The minimum absolute atomic E-state index is 0.212. The van der Waals surface area contributed by atoms with Crippen LogP contribution in [0.3, 0.4) is 0 Å². The van der Waals surface area contributed by atoms with E-state index in [0.717, 1.165) is 60.5 Å². The van der Waals surface area contributed by atoms with Crippen LogP contribution in [0.5, 0.6) is 0 Å². The van der Waals surface area contributed by atoms with Crippen LogP contribution in [0, 0.1) is 5.41 Å². The van der Waals surface area contributed by atoms with Crippen molar-refractivity contribution < 1.29 is 4.79 Å². The number of carbonyl (C=O) groups excluding carboxylic acids is 1. The van der Waals surface area contributed by atoms with E-state index in [4.69, 9.17) is 9.98 Å². The molecule has 1 aromatic heterocycles. The van der Waals surface area contributed by atoms with Gasteiger partial charge in [-0.3, -0.25) is 4.79 Å². The monoisotopic (exact) mass is 424 g/mol. The molecule has 1 amide bonds. The van der Waals surface area contributed by atoms with Crippen molar-refractivity contribution in [3.63, 3.8) is 0 Å². The molecule has 2 N–H and O–H groups in total. The van der Waals surface area contributed by atoms with Crippen molar-refractivity contribution in [3.8, 4) is 0 Å². The van der Waals surface area contributed by atoms with Crippen LogP contribution >= 0.6 is 0 Å². The minimum Gasteiger partial charge on any atom is -0.363 e. The van der Waals surface area contributed by atoms with E-state index in [0.29, 0.717) is 13.1 Å². The largest absolute Gasteiger partial charge is 0.363 e. The summed E-state index contributed by atoms with van der Waals surface area (Å²) in [5.41, 5.74) is 1.77. The lowest BCUT2D eigenvalue weighted by molar-refractivity contribution is -0.138.